The molecule has 1 unspecified atom stereocenters. The van der Waals surface area contributed by atoms with E-state index in [0.717, 1.165) is 32.1 Å². The van der Waals surface area contributed by atoms with Crippen LogP contribution in [0.3, 0.4) is 0 Å². The minimum absolute atomic E-state index is 0.0165. The lowest BCUT2D eigenvalue weighted by molar-refractivity contribution is -0.128. The third-order valence-corrected chi connectivity index (χ3v) is 5.53. The molecule has 1 aliphatic rings. The molecule has 10 nitrogen and oxygen atoms in total. The summed E-state index contributed by atoms with van der Waals surface area (Å²) in [6.07, 6.45) is 5.23. The molecule has 0 radical (unpaired) electrons. The highest BCUT2D eigenvalue weighted by Gasteiger charge is 2.20. The molecule has 212 valence electrons. The molecule has 2 amide bonds. The Bertz CT molecular complexity index is 704. The topological polar surface area (TPSA) is 121 Å². The number of hydrogen-bond acceptors (Lipinski definition) is 8. The van der Waals surface area contributed by atoms with E-state index in [9.17, 15) is 14.4 Å². The van der Waals surface area contributed by atoms with E-state index in [0.29, 0.717) is 52.8 Å². The standard InChI is InChI=1S/C27H46N2O8/c1-22(2)27(23(3)30)29-25(31)11-13-33-15-17-35-19-20-36-18-16-34-14-12-28-26(32)21-37-24-9-7-5-4-6-8-10-24/h22,24,27H,4-7,9,11-21H2,1-3H3,(H,28,32)(H,29,31)/t24?,27-/m0/s1. The van der Waals surface area contributed by atoms with Gasteiger partial charge in [0.2, 0.25) is 11.8 Å². The fraction of sp³-hybridized carbons (Fsp3) is 0.815. The van der Waals surface area contributed by atoms with Gasteiger partial charge in [-0.25, -0.2) is 0 Å². The van der Waals surface area contributed by atoms with Gasteiger partial charge in [0.05, 0.1) is 58.9 Å². The second-order valence-electron chi connectivity index (χ2n) is 9.17. The zero-order valence-electron chi connectivity index (χ0n) is 22.8. The van der Waals surface area contributed by atoms with Crippen molar-refractivity contribution >= 4 is 17.6 Å². The average Bonchev–Trinajstić information content (AvgIpc) is 2.83. The maximum Gasteiger partial charge on any atom is 0.246 e. The molecular weight excluding hydrogens is 480 g/mol. The van der Waals surface area contributed by atoms with E-state index in [1.807, 2.05) is 13.8 Å². The van der Waals surface area contributed by atoms with Crippen LogP contribution in [0.2, 0.25) is 0 Å². The molecule has 0 saturated heterocycles. The van der Waals surface area contributed by atoms with Gasteiger partial charge in [0, 0.05) is 19.4 Å². The van der Waals surface area contributed by atoms with Crippen LogP contribution in [0.25, 0.3) is 0 Å². The van der Waals surface area contributed by atoms with Crippen molar-refractivity contribution in [2.24, 2.45) is 5.92 Å². The van der Waals surface area contributed by atoms with Crippen molar-refractivity contribution in [3.63, 3.8) is 0 Å². The van der Waals surface area contributed by atoms with Gasteiger partial charge in [-0.1, -0.05) is 26.2 Å². The number of rotatable bonds is 21. The zero-order valence-corrected chi connectivity index (χ0v) is 22.8. The zero-order chi connectivity index (χ0) is 27.1. The summed E-state index contributed by atoms with van der Waals surface area (Å²) in [6, 6.07) is -0.455. The molecule has 0 aliphatic heterocycles. The van der Waals surface area contributed by atoms with Crippen molar-refractivity contribution in [1.82, 2.24) is 10.6 Å². The number of carbonyl (C=O) groups excluding carboxylic acids is 3. The molecule has 1 rings (SSSR count). The molecule has 0 heterocycles. The molecule has 37 heavy (non-hydrogen) atoms. The van der Waals surface area contributed by atoms with Gasteiger partial charge in [-0.15, -0.1) is 5.92 Å². The first-order valence-corrected chi connectivity index (χ1v) is 13.4. The highest BCUT2D eigenvalue weighted by Crippen LogP contribution is 2.10. The molecule has 0 saturated carbocycles. The maximum absolute atomic E-state index is 11.9. The molecule has 0 aromatic carbocycles. The minimum Gasteiger partial charge on any atom is -0.379 e. The minimum atomic E-state index is -0.455. The fourth-order valence-corrected chi connectivity index (χ4v) is 3.50. The summed E-state index contributed by atoms with van der Waals surface area (Å²) in [5, 5.41) is 5.50. The molecule has 2 atom stereocenters. The van der Waals surface area contributed by atoms with E-state index in [4.69, 9.17) is 23.7 Å². The van der Waals surface area contributed by atoms with Crippen LogP contribution in [0.15, 0.2) is 0 Å². The molecule has 0 aromatic heterocycles. The van der Waals surface area contributed by atoms with Crippen LogP contribution in [-0.4, -0.2) is 95.8 Å². The lowest BCUT2D eigenvalue weighted by atomic mass is 10.0. The number of nitrogens with one attached hydrogen (secondary N) is 2. The summed E-state index contributed by atoms with van der Waals surface area (Å²) < 4.78 is 27.3. The SMILES string of the molecule is CC(=O)[C@@H](NC(=O)CCOCCOCCOCCOCCNC(=O)COC1C#CCCCCC1)C(C)C. The number of ether oxygens (including phenoxy) is 5. The largest absolute Gasteiger partial charge is 0.379 e. The van der Waals surface area contributed by atoms with Gasteiger partial charge in [-0.3, -0.25) is 14.4 Å². The first-order chi connectivity index (χ1) is 17.9. The van der Waals surface area contributed by atoms with Gasteiger partial charge in [0.15, 0.2) is 5.78 Å². The van der Waals surface area contributed by atoms with Crippen molar-refractivity contribution in [2.45, 2.75) is 71.4 Å². The number of carbonyl (C=O) groups is 3. The van der Waals surface area contributed by atoms with Gasteiger partial charge >= 0.3 is 0 Å². The predicted octanol–water partition coefficient (Wildman–Crippen LogP) is 1.64. The molecule has 0 aromatic rings. The summed E-state index contributed by atoms with van der Waals surface area (Å²) in [5.41, 5.74) is 0. The van der Waals surface area contributed by atoms with Crippen LogP contribution >= 0.6 is 0 Å². The second-order valence-corrected chi connectivity index (χ2v) is 9.17. The van der Waals surface area contributed by atoms with Crippen LogP contribution in [-0.2, 0) is 38.1 Å². The molecule has 0 fully saturated rings. The lowest BCUT2D eigenvalue weighted by Gasteiger charge is -2.19. The Balaban J connectivity index is 1.84. The van der Waals surface area contributed by atoms with E-state index in [-0.39, 0.29) is 49.3 Å². The Hall–Kier alpha value is -2.03. The van der Waals surface area contributed by atoms with Crippen molar-refractivity contribution < 1.29 is 38.1 Å². The van der Waals surface area contributed by atoms with Gasteiger partial charge < -0.3 is 34.3 Å². The van der Waals surface area contributed by atoms with E-state index in [1.165, 1.54) is 6.92 Å². The third-order valence-electron chi connectivity index (χ3n) is 5.53. The van der Waals surface area contributed by atoms with Crippen LogP contribution in [0.4, 0.5) is 0 Å². The van der Waals surface area contributed by atoms with Crippen molar-refractivity contribution in [2.75, 3.05) is 66.0 Å². The average molecular weight is 527 g/mol. The summed E-state index contributed by atoms with van der Waals surface area (Å²) in [4.78, 5) is 35.3. The maximum atomic E-state index is 11.9. The Labute approximate surface area is 221 Å². The van der Waals surface area contributed by atoms with E-state index in [2.05, 4.69) is 22.5 Å². The van der Waals surface area contributed by atoms with Crippen LogP contribution in [0, 0.1) is 17.8 Å². The summed E-state index contributed by atoms with van der Waals surface area (Å²) >= 11 is 0. The Morgan fingerprint density at radius 2 is 1.46 bits per heavy atom. The Morgan fingerprint density at radius 1 is 0.838 bits per heavy atom. The van der Waals surface area contributed by atoms with Gasteiger partial charge in [0.25, 0.3) is 0 Å². The van der Waals surface area contributed by atoms with Gasteiger partial charge in [-0.2, -0.15) is 0 Å². The Kier molecular flexibility index (Phi) is 19.6. The first kappa shape index (κ1) is 33.0. The highest BCUT2D eigenvalue weighted by atomic mass is 16.6. The van der Waals surface area contributed by atoms with Crippen LogP contribution in [0.1, 0.15) is 59.3 Å². The number of hydrogen-bond donors (Lipinski definition) is 2. The van der Waals surface area contributed by atoms with Crippen molar-refractivity contribution in [1.29, 1.82) is 0 Å². The van der Waals surface area contributed by atoms with Crippen LogP contribution < -0.4 is 10.6 Å². The molecule has 0 spiro atoms. The van der Waals surface area contributed by atoms with Crippen LogP contribution in [0.5, 0.6) is 0 Å². The number of ketones is 1. The van der Waals surface area contributed by atoms with Crippen molar-refractivity contribution in [3.8, 4) is 11.8 Å². The third kappa shape index (κ3) is 18.8. The number of Topliss-reactive ketones (excluding diaryl/α,β-unsaturated/α-hetero) is 1. The van der Waals surface area contributed by atoms with E-state index in [1.54, 1.807) is 0 Å². The lowest BCUT2D eigenvalue weighted by Crippen LogP contribution is -2.43. The molecule has 10 heteroatoms. The Morgan fingerprint density at radius 3 is 2.08 bits per heavy atom. The predicted molar refractivity (Wildman–Crippen MR) is 139 cm³/mol. The van der Waals surface area contributed by atoms with Gasteiger partial charge in [0.1, 0.15) is 12.7 Å². The summed E-state index contributed by atoms with van der Waals surface area (Å²) in [6.45, 7) is 8.88. The smallest absolute Gasteiger partial charge is 0.246 e. The first-order valence-electron chi connectivity index (χ1n) is 13.4. The van der Waals surface area contributed by atoms with E-state index >= 15 is 0 Å². The number of amides is 2. The van der Waals surface area contributed by atoms with Crippen molar-refractivity contribution in [3.05, 3.63) is 0 Å². The fourth-order valence-electron chi connectivity index (χ4n) is 3.50. The molecule has 1 aliphatic carbocycles. The molecular formula is C27H46N2O8. The molecule has 2 N–H and O–H groups in total. The second kappa shape index (κ2) is 22.0. The summed E-state index contributed by atoms with van der Waals surface area (Å²) in [7, 11) is 0. The molecule has 0 bridgehead atoms. The van der Waals surface area contributed by atoms with E-state index < -0.39 is 6.04 Å². The summed E-state index contributed by atoms with van der Waals surface area (Å²) in [5.74, 6) is 5.83. The monoisotopic (exact) mass is 526 g/mol. The quantitative estimate of drug-likeness (QED) is 0.171. The normalized spacial score (nSPS) is 16.3. The van der Waals surface area contributed by atoms with Gasteiger partial charge in [-0.05, 0) is 32.1 Å². The highest BCUT2D eigenvalue weighted by molar-refractivity contribution is 5.87.